The Hall–Kier alpha value is -0.630. The second-order valence-electron chi connectivity index (χ2n) is 6.20. The SMILES string of the molecule is CC(=O)/C(C)=C/C1C(C)(C)CCC2OC21C. The molecule has 0 N–H and O–H groups in total. The van der Waals surface area contributed by atoms with Crippen LogP contribution in [0.2, 0.25) is 0 Å². The van der Waals surface area contributed by atoms with Gasteiger partial charge in [-0.1, -0.05) is 19.9 Å². The van der Waals surface area contributed by atoms with Crippen LogP contribution in [-0.4, -0.2) is 17.5 Å². The number of rotatable bonds is 2. The summed E-state index contributed by atoms with van der Waals surface area (Å²) in [4.78, 5) is 11.3. The first-order chi connectivity index (χ1) is 7.27. The van der Waals surface area contributed by atoms with E-state index in [2.05, 4.69) is 26.8 Å². The summed E-state index contributed by atoms with van der Waals surface area (Å²) in [6.45, 7) is 10.3. The highest BCUT2D eigenvalue weighted by atomic mass is 16.6. The van der Waals surface area contributed by atoms with E-state index >= 15 is 0 Å². The van der Waals surface area contributed by atoms with Gasteiger partial charge in [-0.05, 0) is 44.6 Å². The smallest absolute Gasteiger partial charge is 0.155 e. The summed E-state index contributed by atoms with van der Waals surface area (Å²) in [6, 6.07) is 0. The Labute approximate surface area is 98.1 Å². The Balaban J connectivity index is 2.29. The van der Waals surface area contributed by atoms with Crippen molar-refractivity contribution in [2.75, 3.05) is 0 Å². The van der Waals surface area contributed by atoms with Crippen molar-refractivity contribution in [3.05, 3.63) is 11.6 Å². The van der Waals surface area contributed by atoms with E-state index in [0.29, 0.717) is 12.0 Å². The van der Waals surface area contributed by atoms with E-state index in [-0.39, 0.29) is 16.8 Å². The van der Waals surface area contributed by atoms with Gasteiger partial charge < -0.3 is 4.74 Å². The predicted molar refractivity (Wildman–Crippen MR) is 64.2 cm³/mol. The lowest BCUT2D eigenvalue weighted by Gasteiger charge is -2.39. The molecule has 0 aromatic carbocycles. The van der Waals surface area contributed by atoms with Crippen LogP contribution < -0.4 is 0 Å². The zero-order chi connectivity index (χ0) is 12.1. The van der Waals surface area contributed by atoms with Gasteiger partial charge in [-0.25, -0.2) is 0 Å². The quantitative estimate of drug-likeness (QED) is 0.530. The molecule has 1 heterocycles. The van der Waals surface area contributed by atoms with Crippen LogP contribution in [0.1, 0.15) is 47.5 Å². The molecule has 2 nitrogen and oxygen atoms in total. The number of ketones is 1. The Morgan fingerprint density at radius 1 is 1.31 bits per heavy atom. The van der Waals surface area contributed by atoms with Crippen LogP contribution in [0.15, 0.2) is 11.6 Å². The van der Waals surface area contributed by atoms with Gasteiger partial charge in [0.05, 0.1) is 11.7 Å². The maximum Gasteiger partial charge on any atom is 0.155 e. The molecule has 1 aliphatic heterocycles. The lowest BCUT2D eigenvalue weighted by molar-refractivity contribution is -0.113. The molecule has 16 heavy (non-hydrogen) atoms. The van der Waals surface area contributed by atoms with Crippen LogP contribution in [0.25, 0.3) is 0 Å². The maximum absolute atomic E-state index is 11.3. The normalized spacial score (nSPS) is 41.4. The first kappa shape index (κ1) is 11.8. The number of epoxide rings is 1. The molecule has 3 unspecified atom stereocenters. The molecule has 90 valence electrons. The molecule has 1 saturated heterocycles. The summed E-state index contributed by atoms with van der Waals surface area (Å²) in [5.74, 6) is 0.532. The number of carbonyl (C=O) groups excluding carboxylic acids is 1. The molecule has 2 rings (SSSR count). The van der Waals surface area contributed by atoms with Gasteiger partial charge in [0.25, 0.3) is 0 Å². The minimum Gasteiger partial charge on any atom is -0.366 e. The molecule has 2 aliphatic rings. The summed E-state index contributed by atoms with van der Waals surface area (Å²) < 4.78 is 5.84. The molecule has 3 atom stereocenters. The van der Waals surface area contributed by atoms with E-state index in [9.17, 15) is 4.79 Å². The van der Waals surface area contributed by atoms with Crippen LogP contribution in [-0.2, 0) is 9.53 Å². The standard InChI is InChI=1S/C14H22O2/c1-9(10(2)15)8-11-13(3,4)7-6-12-14(11,5)16-12/h8,11-12H,6-7H2,1-5H3/b9-8+. The molecule has 0 spiro atoms. The monoisotopic (exact) mass is 222 g/mol. The first-order valence-corrected chi connectivity index (χ1v) is 6.14. The summed E-state index contributed by atoms with van der Waals surface area (Å²) >= 11 is 0. The van der Waals surface area contributed by atoms with Crippen molar-refractivity contribution in [1.29, 1.82) is 0 Å². The Kier molecular flexibility index (Phi) is 2.54. The summed E-state index contributed by atoms with van der Waals surface area (Å²) in [5, 5.41) is 0. The fourth-order valence-corrected chi connectivity index (χ4v) is 3.08. The largest absolute Gasteiger partial charge is 0.366 e. The van der Waals surface area contributed by atoms with Gasteiger partial charge in [0.15, 0.2) is 5.78 Å². The minimum absolute atomic E-state index is 0.0154. The van der Waals surface area contributed by atoms with Crippen molar-refractivity contribution < 1.29 is 9.53 Å². The minimum atomic E-state index is -0.0154. The van der Waals surface area contributed by atoms with E-state index in [1.165, 1.54) is 6.42 Å². The van der Waals surface area contributed by atoms with Crippen molar-refractivity contribution in [2.24, 2.45) is 11.3 Å². The van der Waals surface area contributed by atoms with Gasteiger partial charge in [-0.3, -0.25) is 4.79 Å². The molecule has 1 aliphatic carbocycles. The maximum atomic E-state index is 11.3. The zero-order valence-electron chi connectivity index (χ0n) is 11.0. The third-order valence-electron chi connectivity index (χ3n) is 4.46. The molecule has 1 saturated carbocycles. The molecule has 2 heteroatoms. The van der Waals surface area contributed by atoms with E-state index in [4.69, 9.17) is 4.74 Å². The number of hydrogen-bond donors (Lipinski definition) is 0. The van der Waals surface area contributed by atoms with Crippen molar-refractivity contribution in [2.45, 2.75) is 59.2 Å². The van der Waals surface area contributed by atoms with Crippen molar-refractivity contribution in [3.63, 3.8) is 0 Å². The van der Waals surface area contributed by atoms with Crippen LogP contribution in [0.5, 0.6) is 0 Å². The molecule has 0 amide bonds. The topological polar surface area (TPSA) is 29.6 Å². The first-order valence-electron chi connectivity index (χ1n) is 6.14. The van der Waals surface area contributed by atoms with Gasteiger partial charge in [0.2, 0.25) is 0 Å². The van der Waals surface area contributed by atoms with Crippen LogP contribution in [0.3, 0.4) is 0 Å². The Bertz CT molecular complexity index is 349. The fraction of sp³-hybridized carbons (Fsp3) is 0.786. The van der Waals surface area contributed by atoms with Crippen molar-refractivity contribution in [1.82, 2.24) is 0 Å². The third-order valence-corrected chi connectivity index (χ3v) is 4.46. The number of ether oxygens (including phenoxy) is 1. The van der Waals surface area contributed by atoms with Crippen molar-refractivity contribution >= 4 is 5.78 Å². The van der Waals surface area contributed by atoms with Crippen molar-refractivity contribution in [3.8, 4) is 0 Å². The number of fused-ring (bicyclic) bond motifs is 1. The molecular weight excluding hydrogens is 200 g/mol. The number of Topliss-reactive ketones (excluding diaryl/α,β-unsaturated/α-hetero) is 1. The second-order valence-corrected chi connectivity index (χ2v) is 6.20. The average molecular weight is 222 g/mol. The van der Waals surface area contributed by atoms with E-state index in [1.807, 2.05) is 6.92 Å². The van der Waals surface area contributed by atoms with Gasteiger partial charge in [0, 0.05) is 5.92 Å². The Morgan fingerprint density at radius 3 is 2.50 bits per heavy atom. The summed E-state index contributed by atoms with van der Waals surface area (Å²) in [5.41, 5.74) is 1.09. The second kappa shape index (κ2) is 3.43. The summed E-state index contributed by atoms with van der Waals surface area (Å²) in [6.07, 6.45) is 4.90. The number of allylic oxidation sites excluding steroid dienone is 1. The Morgan fingerprint density at radius 2 is 1.94 bits per heavy atom. The fourth-order valence-electron chi connectivity index (χ4n) is 3.08. The highest BCUT2D eigenvalue weighted by Crippen LogP contribution is 2.58. The molecule has 0 aromatic heterocycles. The van der Waals surface area contributed by atoms with Crippen LogP contribution in [0.4, 0.5) is 0 Å². The van der Waals surface area contributed by atoms with Crippen LogP contribution >= 0.6 is 0 Å². The lowest BCUT2D eigenvalue weighted by Crippen LogP contribution is -2.39. The molecule has 2 fully saturated rings. The zero-order valence-corrected chi connectivity index (χ0v) is 11.0. The number of hydrogen-bond acceptors (Lipinski definition) is 2. The van der Waals surface area contributed by atoms with E-state index < -0.39 is 0 Å². The molecule has 0 radical (unpaired) electrons. The predicted octanol–water partition coefficient (Wildman–Crippen LogP) is 3.12. The molecular formula is C14H22O2. The third kappa shape index (κ3) is 1.73. The highest BCUT2D eigenvalue weighted by Gasteiger charge is 2.63. The van der Waals surface area contributed by atoms with E-state index in [1.54, 1.807) is 6.92 Å². The summed E-state index contributed by atoms with van der Waals surface area (Å²) in [7, 11) is 0. The molecule has 0 bridgehead atoms. The van der Waals surface area contributed by atoms with Gasteiger partial charge >= 0.3 is 0 Å². The van der Waals surface area contributed by atoms with Gasteiger partial charge in [0.1, 0.15) is 0 Å². The molecule has 0 aromatic rings. The van der Waals surface area contributed by atoms with Gasteiger partial charge in [-0.15, -0.1) is 0 Å². The van der Waals surface area contributed by atoms with E-state index in [0.717, 1.165) is 12.0 Å². The number of carbonyl (C=O) groups is 1. The van der Waals surface area contributed by atoms with Crippen LogP contribution in [0, 0.1) is 11.3 Å². The average Bonchev–Trinajstić information content (AvgIpc) is 2.83. The highest BCUT2D eigenvalue weighted by molar-refractivity contribution is 5.92. The van der Waals surface area contributed by atoms with Gasteiger partial charge in [-0.2, -0.15) is 0 Å². The lowest BCUT2D eigenvalue weighted by atomic mass is 9.63.